The van der Waals surface area contributed by atoms with Gasteiger partial charge >= 0.3 is 5.97 Å². The van der Waals surface area contributed by atoms with Crippen molar-refractivity contribution >= 4 is 21.9 Å². The van der Waals surface area contributed by atoms with E-state index in [1.165, 1.54) is 0 Å². The standard InChI is InChI=1S/C14H18BrNO3/c1-9(16-7-3-4-13(16)14(17)18)11-6-5-10(19-2)8-12(11)15/h5-6,8-9,13H,3-4,7H2,1-2H3,(H,17,18). The largest absolute Gasteiger partial charge is 0.497 e. The lowest BCUT2D eigenvalue weighted by atomic mass is 10.1. The predicted octanol–water partition coefficient (Wildman–Crippen LogP) is 3.07. The number of carboxylic acid groups (broad SMARTS) is 1. The molecular formula is C14H18BrNO3. The summed E-state index contributed by atoms with van der Waals surface area (Å²) in [4.78, 5) is 13.3. The summed E-state index contributed by atoms with van der Waals surface area (Å²) in [6.45, 7) is 2.88. The van der Waals surface area contributed by atoms with Crippen LogP contribution in [0, 0.1) is 0 Å². The lowest BCUT2D eigenvalue weighted by molar-refractivity contribution is -0.142. The Bertz CT molecular complexity index is 478. The molecule has 1 aliphatic heterocycles. The van der Waals surface area contributed by atoms with Crippen LogP contribution < -0.4 is 4.74 Å². The van der Waals surface area contributed by atoms with Gasteiger partial charge in [-0.3, -0.25) is 9.69 Å². The van der Waals surface area contributed by atoms with E-state index in [0.717, 1.165) is 35.2 Å². The second kappa shape index (κ2) is 5.92. The summed E-state index contributed by atoms with van der Waals surface area (Å²) < 4.78 is 6.13. The quantitative estimate of drug-likeness (QED) is 0.923. The third-order valence-electron chi connectivity index (χ3n) is 3.73. The molecule has 0 spiro atoms. The summed E-state index contributed by atoms with van der Waals surface area (Å²) in [6.07, 6.45) is 1.67. The topological polar surface area (TPSA) is 49.8 Å². The molecule has 1 fully saturated rings. The van der Waals surface area contributed by atoms with Gasteiger partial charge in [-0.15, -0.1) is 0 Å². The maximum Gasteiger partial charge on any atom is 0.320 e. The van der Waals surface area contributed by atoms with Gasteiger partial charge in [-0.25, -0.2) is 0 Å². The fraction of sp³-hybridized carbons (Fsp3) is 0.500. The minimum atomic E-state index is -0.728. The number of aliphatic carboxylic acids is 1. The molecule has 1 saturated heterocycles. The van der Waals surface area contributed by atoms with Crippen LogP contribution in [-0.4, -0.2) is 35.7 Å². The van der Waals surface area contributed by atoms with E-state index in [1.807, 2.05) is 25.1 Å². The molecule has 0 saturated carbocycles. The zero-order valence-electron chi connectivity index (χ0n) is 11.1. The Labute approximate surface area is 121 Å². The molecule has 19 heavy (non-hydrogen) atoms. The van der Waals surface area contributed by atoms with Gasteiger partial charge in [0.15, 0.2) is 0 Å². The lowest BCUT2D eigenvalue weighted by Crippen LogP contribution is -2.37. The molecule has 5 heteroatoms. The van der Waals surface area contributed by atoms with Gasteiger partial charge in [0.2, 0.25) is 0 Å². The van der Waals surface area contributed by atoms with Gasteiger partial charge in [-0.05, 0) is 44.0 Å². The first-order valence-corrected chi connectivity index (χ1v) is 7.16. The molecule has 104 valence electrons. The van der Waals surface area contributed by atoms with Gasteiger partial charge in [-0.2, -0.15) is 0 Å². The van der Waals surface area contributed by atoms with E-state index in [0.29, 0.717) is 0 Å². The minimum Gasteiger partial charge on any atom is -0.497 e. The van der Waals surface area contributed by atoms with E-state index in [9.17, 15) is 9.90 Å². The van der Waals surface area contributed by atoms with Crippen molar-refractivity contribution in [2.24, 2.45) is 0 Å². The van der Waals surface area contributed by atoms with Crippen molar-refractivity contribution < 1.29 is 14.6 Å². The van der Waals surface area contributed by atoms with Crippen LogP contribution in [0.25, 0.3) is 0 Å². The van der Waals surface area contributed by atoms with Crippen LogP contribution in [0.5, 0.6) is 5.75 Å². The molecular weight excluding hydrogens is 310 g/mol. The van der Waals surface area contributed by atoms with Gasteiger partial charge in [0.25, 0.3) is 0 Å². The second-order valence-electron chi connectivity index (χ2n) is 4.80. The van der Waals surface area contributed by atoms with Crippen molar-refractivity contribution in [3.63, 3.8) is 0 Å². The Morgan fingerprint density at radius 2 is 2.32 bits per heavy atom. The number of halogens is 1. The molecule has 4 nitrogen and oxygen atoms in total. The zero-order chi connectivity index (χ0) is 14.0. The van der Waals surface area contributed by atoms with Gasteiger partial charge < -0.3 is 9.84 Å². The average molecular weight is 328 g/mol. The average Bonchev–Trinajstić information content (AvgIpc) is 2.87. The van der Waals surface area contributed by atoms with Crippen molar-refractivity contribution in [1.82, 2.24) is 4.90 Å². The third kappa shape index (κ3) is 2.92. The van der Waals surface area contributed by atoms with Gasteiger partial charge in [-0.1, -0.05) is 22.0 Å². The van der Waals surface area contributed by atoms with E-state index in [4.69, 9.17) is 4.74 Å². The third-order valence-corrected chi connectivity index (χ3v) is 4.42. The Morgan fingerprint density at radius 3 is 2.89 bits per heavy atom. The van der Waals surface area contributed by atoms with Crippen molar-refractivity contribution in [2.75, 3.05) is 13.7 Å². The normalized spacial score (nSPS) is 21.3. The van der Waals surface area contributed by atoms with Crippen LogP contribution in [0.3, 0.4) is 0 Å². The smallest absolute Gasteiger partial charge is 0.320 e. The van der Waals surface area contributed by atoms with Gasteiger partial charge in [0, 0.05) is 10.5 Å². The van der Waals surface area contributed by atoms with Crippen LogP contribution in [0.15, 0.2) is 22.7 Å². The molecule has 2 atom stereocenters. The SMILES string of the molecule is COc1ccc(C(C)N2CCCC2C(=O)O)c(Br)c1. The van der Waals surface area contributed by atoms with Crippen LogP contribution in [0.1, 0.15) is 31.4 Å². The molecule has 0 aromatic heterocycles. The number of likely N-dealkylation sites (tertiary alicyclic amines) is 1. The fourth-order valence-electron chi connectivity index (χ4n) is 2.67. The Balaban J connectivity index is 2.23. The highest BCUT2D eigenvalue weighted by Crippen LogP contribution is 2.34. The Hall–Kier alpha value is -1.07. The summed E-state index contributed by atoms with van der Waals surface area (Å²) in [5.41, 5.74) is 1.09. The van der Waals surface area contributed by atoms with Crippen LogP contribution in [0.2, 0.25) is 0 Å². The molecule has 0 bridgehead atoms. The first-order chi connectivity index (χ1) is 9.04. The highest BCUT2D eigenvalue weighted by atomic mass is 79.9. The summed E-state index contributed by atoms with van der Waals surface area (Å²) in [5, 5.41) is 9.26. The van der Waals surface area contributed by atoms with E-state index < -0.39 is 5.97 Å². The molecule has 0 aliphatic carbocycles. The molecule has 1 heterocycles. The second-order valence-corrected chi connectivity index (χ2v) is 5.65. The Kier molecular flexibility index (Phi) is 4.47. The summed E-state index contributed by atoms with van der Waals surface area (Å²) in [6, 6.07) is 5.51. The van der Waals surface area contributed by atoms with Gasteiger partial charge in [0.05, 0.1) is 7.11 Å². The first kappa shape index (κ1) is 14.3. The number of benzene rings is 1. The molecule has 1 aromatic rings. The number of hydrogen-bond donors (Lipinski definition) is 1. The highest BCUT2D eigenvalue weighted by Gasteiger charge is 2.34. The Morgan fingerprint density at radius 1 is 1.58 bits per heavy atom. The first-order valence-electron chi connectivity index (χ1n) is 6.36. The number of hydrogen-bond acceptors (Lipinski definition) is 3. The van der Waals surface area contributed by atoms with Crippen molar-refractivity contribution in [1.29, 1.82) is 0 Å². The highest BCUT2D eigenvalue weighted by molar-refractivity contribution is 9.10. The van der Waals surface area contributed by atoms with Crippen LogP contribution in [0.4, 0.5) is 0 Å². The van der Waals surface area contributed by atoms with Gasteiger partial charge in [0.1, 0.15) is 11.8 Å². The minimum absolute atomic E-state index is 0.0730. The van der Waals surface area contributed by atoms with E-state index >= 15 is 0 Å². The lowest BCUT2D eigenvalue weighted by Gasteiger charge is -2.29. The number of rotatable bonds is 4. The van der Waals surface area contributed by atoms with Crippen LogP contribution in [-0.2, 0) is 4.79 Å². The number of carbonyl (C=O) groups is 1. The summed E-state index contributed by atoms with van der Waals surface area (Å²) >= 11 is 3.54. The van der Waals surface area contributed by atoms with Crippen molar-refractivity contribution in [3.05, 3.63) is 28.2 Å². The van der Waals surface area contributed by atoms with E-state index in [1.54, 1.807) is 7.11 Å². The molecule has 1 aromatic carbocycles. The molecule has 1 aliphatic rings. The number of methoxy groups -OCH3 is 1. The monoisotopic (exact) mass is 327 g/mol. The zero-order valence-corrected chi connectivity index (χ0v) is 12.7. The van der Waals surface area contributed by atoms with E-state index in [2.05, 4.69) is 20.8 Å². The molecule has 0 radical (unpaired) electrons. The number of carboxylic acids is 1. The van der Waals surface area contributed by atoms with Crippen molar-refractivity contribution in [3.8, 4) is 5.75 Å². The summed E-state index contributed by atoms with van der Waals surface area (Å²) in [7, 11) is 1.63. The van der Waals surface area contributed by atoms with Crippen LogP contribution >= 0.6 is 15.9 Å². The van der Waals surface area contributed by atoms with Crippen molar-refractivity contribution in [2.45, 2.75) is 31.8 Å². The molecule has 2 unspecified atom stereocenters. The maximum absolute atomic E-state index is 11.3. The molecule has 2 rings (SSSR count). The number of nitrogens with zero attached hydrogens (tertiary/aromatic N) is 1. The van der Waals surface area contributed by atoms with E-state index in [-0.39, 0.29) is 12.1 Å². The number of ether oxygens (including phenoxy) is 1. The molecule has 0 amide bonds. The summed E-state index contributed by atoms with van der Waals surface area (Å²) in [5.74, 6) is 0.0630. The fourth-order valence-corrected chi connectivity index (χ4v) is 3.36. The predicted molar refractivity (Wildman–Crippen MR) is 76.5 cm³/mol. The molecule has 1 N–H and O–H groups in total. The maximum atomic E-state index is 11.3.